The standard InChI is InChI=1S/C10H13NOS/c1-3-10(12)8-5-4-7(13-2)6-9(8)11/h4-6H,3,11H2,1-2H3. The highest BCUT2D eigenvalue weighted by Gasteiger charge is 2.07. The van der Waals surface area contributed by atoms with Gasteiger partial charge in [0.25, 0.3) is 0 Å². The Kier molecular flexibility index (Phi) is 3.37. The van der Waals surface area contributed by atoms with Crippen LogP contribution in [-0.2, 0) is 0 Å². The number of hydrogen-bond acceptors (Lipinski definition) is 3. The Bertz CT molecular complexity index is 323. The fourth-order valence-electron chi connectivity index (χ4n) is 1.11. The lowest BCUT2D eigenvalue weighted by Gasteiger charge is -2.04. The molecule has 0 aromatic heterocycles. The summed E-state index contributed by atoms with van der Waals surface area (Å²) in [6, 6.07) is 5.56. The molecule has 0 amide bonds. The van der Waals surface area contributed by atoms with Crippen LogP contribution < -0.4 is 5.73 Å². The lowest BCUT2D eigenvalue weighted by Crippen LogP contribution is -2.01. The Morgan fingerprint density at radius 1 is 1.54 bits per heavy atom. The fraction of sp³-hybridized carbons (Fsp3) is 0.300. The summed E-state index contributed by atoms with van der Waals surface area (Å²) in [5, 5.41) is 0. The van der Waals surface area contributed by atoms with Crippen LogP contribution in [-0.4, -0.2) is 12.0 Å². The van der Waals surface area contributed by atoms with Crippen LogP contribution in [0.1, 0.15) is 23.7 Å². The Morgan fingerprint density at radius 2 is 2.23 bits per heavy atom. The summed E-state index contributed by atoms with van der Waals surface area (Å²) in [4.78, 5) is 12.4. The van der Waals surface area contributed by atoms with Gasteiger partial charge in [-0.25, -0.2) is 0 Å². The topological polar surface area (TPSA) is 43.1 Å². The number of carbonyl (C=O) groups excluding carboxylic acids is 1. The van der Waals surface area contributed by atoms with E-state index in [9.17, 15) is 4.79 Å². The minimum absolute atomic E-state index is 0.102. The first-order valence-corrected chi connectivity index (χ1v) is 5.38. The number of thioether (sulfide) groups is 1. The first kappa shape index (κ1) is 10.1. The number of rotatable bonds is 3. The lowest BCUT2D eigenvalue weighted by atomic mass is 10.1. The van der Waals surface area contributed by atoms with Crippen molar-refractivity contribution in [3.8, 4) is 0 Å². The molecule has 0 unspecified atom stereocenters. The summed E-state index contributed by atoms with van der Waals surface area (Å²) in [5.41, 5.74) is 6.96. The number of carbonyl (C=O) groups is 1. The van der Waals surface area contributed by atoms with Gasteiger partial charge in [-0.05, 0) is 24.5 Å². The highest BCUT2D eigenvalue weighted by Crippen LogP contribution is 2.21. The zero-order chi connectivity index (χ0) is 9.84. The van der Waals surface area contributed by atoms with Gasteiger partial charge in [-0.2, -0.15) is 0 Å². The summed E-state index contributed by atoms with van der Waals surface area (Å²) < 4.78 is 0. The van der Waals surface area contributed by atoms with E-state index in [0.29, 0.717) is 17.7 Å². The first-order valence-electron chi connectivity index (χ1n) is 4.15. The van der Waals surface area contributed by atoms with Gasteiger partial charge in [-0.1, -0.05) is 6.92 Å². The van der Waals surface area contributed by atoms with Crippen LogP contribution in [0.2, 0.25) is 0 Å². The average molecular weight is 195 g/mol. The molecule has 2 N–H and O–H groups in total. The lowest BCUT2D eigenvalue weighted by molar-refractivity contribution is 0.0989. The monoisotopic (exact) mass is 195 g/mol. The highest BCUT2D eigenvalue weighted by molar-refractivity contribution is 7.98. The molecular formula is C10H13NOS. The molecule has 2 nitrogen and oxygen atoms in total. The molecule has 0 aliphatic carbocycles. The number of nitrogens with two attached hydrogens (primary N) is 1. The van der Waals surface area contributed by atoms with E-state index in [1.165, 1.54) is 0 Å². The van der Waals surface area contributed by atoms with Crippen LogP contribution in [0.15, 0.2) is 23.1 Å². The van der Waals surface area contributed by atoms with Crippen molar-refractivity contribution >= 4 is 23.2 Å². The molecule has 0 saturated heterocycles. The third kappa shape index (κ3) is 2.25. The predicted octanol–water partition coefficient (Wildman–Crippen LogP) is 2.58. The smallest absolute Gasteiger partial charge is 0.164 e. The van der Waals surface area contributed by atoms with Crippen molar-refractivity contribution in [3.63, 3.8) is 0 Å². The minimum Gasteiger partial charge on any atom is -0.398 e. The summed E-state index contributed by atoms with van der Waals surface area (Å²) in [6.45, 7) is 1.84. The second-order valence-corrected chi connectivity index (χ2v) is 3.61. The number of anilines is 1. The molecule has 13 heavy (non-hydrogen) atoms. The van der Waals surface area contributed by atoms with Crippen molar-refractivity contribution in [2.24, 2.45) is 0 Å². The molecule has 0 radical (unpaired) electrons. The van der Waals surface area contributed by atoms with Gasteiger partial charge in [0, 0.05) is 22.6 Å². The fourth-order valence-corrected chi connectivity index (χ4v) is 1.56. The third-order valence-electron chi connectivity index (χ3n) is 1.88. The van der Waals surface area contributed by atoms with Gasteiger partial charge in [0.05, 0.1) is 0 Å². The van der Waals surface area contributed by atoms with E-state index in [1.807, 2.05) is 25.3 Å². The predicted molar refractivity (Wildman–Crippen MR) is 57.3 cm³/mol. The van der Waals surface area contributed by atoms with Crippen molar-refractivity contribution in [1.82, 2.24) is 0 Å². The number of ketones is 1. The van der Waals surface area contributed by atoms with Gasteiger partial charge in [0.15, 0.2) is 5.78 Å². The molecule has 1 aromatic rings. The minimum atomic E-state index is 0.102. The van der Waals surface area contributed by atoms with E-state index in [0.717, 1.165) is 4.90 Å². The molecule has 0 bridgehead atoms. The number of nitrogen functional groups attached to an aromatic ring is 1. The molecule has 1 rings (SSSR count). The molecule has 0 heterocycles. The summed E-state index contributed by atoms with van der Waals surface area (Å²) in [6.07, 6.45) is 2.49. The van der Waals surface area contributed by atoms with Crippen LogP contribution in [0.3, 0.4) is 0 Å². The maximum Gasteiger partial charge on any atom is 0.164 e. The summed E-state index contributed by atoms with van der Waals surface area (Å²) in [5.74, 6) is 0.102. The molecular weight excluding hydrogens is 182 g/mol. The van der Waals surface area contributed by atoms with Crippen molar-refractivity contribution in [2.75, 3.05) is 12.0 Å². The van der Waals surface area contributed by atoms with Gasteiger partial charge in [-0.15, -0.1) is 11.8 Å². The highest BCUT2D eigenvalue weighted by atomic mass is 32.2. The second-order valence-electron chi connectivity index (χ2n) is 2.73. The average Bonchev–Trinajstić information content (AvgIpc) is 2.16. The third-order valence-corrected chi connectivity index (χ3v) is 2.61. The van der Waals surface area contributed by atoms with Gasteiger partial charge in [-0.3, -0.25) is 4.79 Å². The summed E-state index contributed by atoms with van der Waals surface area (Å²) in [7, 11) is 0. The molecule has 3 heteroatoms. The van der Waals surface area contributed by atoms with Crippen LogP contribution in [0.25, 0.3) is 0 Å². The molecule has 0 aliphatic rings. The Balaban J connectivity index is 3.05. The maximum atomic E-state index is 11.3. The van der Waals surface area contributed by atoms with Gasteiger partial charge in [0.1, 0.15) is 0 Å². The van der Waals surface area contributed by atoms with Crippen molar-refractivity contribution in [1.29, 1.82) is 0 Å². The van der Waals surface area contributed by atoms with Crippen LogP contribution in [0.4, 0.5) is 5.69 Å². The van der Waals surface area contributed by atoms with E-state index < -0.39 is 0 Å². The van der Waals surface area contributed by atoms with Crippen LogP contribution >= 0.6 is 11.8 Å². The van der Waals surface area contributed by atoms with Crippen LogP contribution in [0, 0.1) is 0 Å². The van der Waals surface area contributed by atoms with Crippen molar-refractivity contribution in [3.05, 3.63) is 23.8 Å². The first-order chi connectivity index (χ1) is 6.19. The number of benzene rings is 1. The SMILES string of the molecule is CCC(=O)c1ccc(SC)cc1N. The van der Waals surface area contributed by atoms with E-state index in [2.05, 4.69) is 0 Å². The van der Waals surface area contributed by atoms with Crippen molar-refractivity contribution < 1.29 is 4.79 Å². The maximum absolute atomic E-state index is 11.3. The van der Waals surface area contributed by atoms with E-state index in [-0.39, 0.29) is 5.78 Å². The number of Topliss-reactive ketones (excluding diaryl/α,β-unsaturated/α-hetero) is 1. The Labute approximate surface area is 82.5 Å². The molecule has 0 aliphatic heterocycles. The van der Waals surface area contributed by atoms with Gasteiger partial charge in [0.2, 0.25) is 0 Å². The normalized spacial score (nSPS) is 10.0. The van der Waals surface area contributed by atoms with Crippen molar-refractivity contribution in [2.45, 2.75) is 18.2 Å². The zero-order valence-corrected chi connectivity index (χ0v) is 8.65. The van der Waals surface area contributed by atoms with E-state index in [4.69, 9.17) is 5.73 Å². The molecule has 70 valence electrons. The Hall–Kier alpha value is -0.960. The van der Waals surface area contributed by atoms with Gasteiger partial charge < -0.3 is 5.73 Å². The number of hydrogen-bond donors (Lipinski definition) is 1. The largest absolute Gasteiger partial charge is 0.398 e. The Morgan fingerprint density at radius 3 is 2.69 bits per heavy atom. The van der Waals surface area contributed by atoms with E-state index in [1.54, 1.807) is 17.8 Å². The second kappa shape index (κ2) is 4.33. The van der Waals surface area contributed by atoms with Crippen LogP contribution in [0.5, 0.6) is 0 Å². The quantitative estimate of drug-likeness (QED) is 0.458. The molecule has 0 spiro atoms. The summed E-state index contributed by atoms with van der Waals surface area (Å²) >= 11 is 1.62. The molecule has 0 saturated carbocycles. The zero-order valence-electron chi connectivity index (χ0n) is 7.83. The molecule has 0 fully saturated rings. The van der Waals surface area contributed by atoms with Gasteiger partial charge >= 0.3 is 0 Å². The molecule has 1 aromatic carbocycles. The molecule has 0 atom stereocenters. The van der Waals surface area contributed by atoms with E-state index >= 15 is 0 Å².